The number of nitrogens with one attached hydrogen (secondary N) is 1. The third kappa shape index (κ3) is 5.43. The van der Waals surface area contributed by atoms with Crippen molar-refractivity contribution >= 4 is 5.91 Å². The minimum atomic E-state index is 0.0372. The van der Waals surface area contributed by atoms with Gasteiger partial charge in [0.1, 0.15) is 0 Å². The first-order valence-corrected chi connectivity index (χ1v) is 7.22. The summed E-state index contributed by atoms with van der Waals surface area (Å²) >= 11 is 0. The van der Waals surface area contributed by atoms with Crippen LogP contribution >= 0.6 is 0 Å². The molecule has 0 fully saturated rings. The van der Waals surface area contributed by atoms with E-state index in [4.69, 9.17) is 0 Å². The lowest BCUT2D eigenvalue weighted by Crippen LogP contribution is -2.39. The Balaban J connectivity index is 2.63. The fourth-order valence-electron chi connectivity index (χ4n) is 2.10. The Kier molecular flexibility index (Phi) is 7.19. The third-order valence-electron chi connectivity index (χ3n) is 3.14. The highest BCUT2D eigenvalue weighted by molar-refractivity contribution is 5.78. The largest absolute Gasteiger partial charge is 0.338 e. The number of carbonyl (C=O) groups excluding carboxylic acids is 1. The minimum absolute atomic E-state index is 0.0372. The minimum Gasteiger partial charge on any atom is -0.338 e. The van der Waals surface area contributed by atoms with Crippen LogP contribution in [0, 0.1) is 5.92 Å². The van der Waals surface area contributed by atoms with E-state index >= 15 is 0 Å². The lowest BCUT2D eigenvalue weighted by Gasteiger charge is -2.25. The summed E-state index contributed by atoms with van der Waals surface area (Å²) < 4.78 is 0. The average molecular weight is 262 g/mol. The summed E-state index contributed by atoms with van der Waals surface area (Å²) in [6, 6.07) is 10.2. The Morgan fingerprint density at radius 2 is 1.95 bits per heavy atom. The maximum atomic E-state index is 12.4. The first-order valence-electron chi connectivity index (χ1n) is 7.22. The van der Waals surface area contributed by atoms with Crippen LogP contribution < -0.4 is 5.32 Å². The SMILES string of the molecule is CCCN(Cc1ccccc1)C(=O)C(C)CNCC. The van der Waals surface area contributed by atoms with Crippen LogP contribution in [0.5, 0.6) is 0 Å². The number of amides is 1. The Labute approximate surface area is 117 Å². The molecular weight excluding hydrogens is 236 g/mol. The van der Waals surface area contributed by atoms with Gasteiger partial charge in [-0.25, -0.2) is 0 Å². The van der Waals surface area contributed by atoms with Crippen LogP contribution in [0.2, 0.25) is 0 Å². The van der Waals surface area contributed by atoms with Crippen molar-refractivity contribution in [2.24, 2.45) is 5.92 Å². The Bertz CT molecular complexity index is 364. The summed E-state index contributed by atoms with van der Waals surface area (Å²) in [5.74, 6) is 0.280. The van der Waals surface area contributed by atoms with Gasteiger partial charge in [0, 0.05) is 25.6 Å². The molecule has 19 heavy (non-hydrogen) atoms. The molecule has 1 rings (SSSR count). The quantitative estimate of drug-likeness (QED) is 0.781. The van der Waals surface area contributed by atoms with Gasteiger partial charge in [0.15, 0.2) is 0 Å². The van der Waals surface area contributed by atoms with E-state index in [0.717, 1.165) is 26.1 Å². The molecule has 0 saturated carbocycles. The van der Waals surface area contributed by atoms with Gasteiger partial charge in [-0.2, -0.15) is 0 Å². The molecule has 3 nitrogen and oxygen atoms in total. The van der Waals surface area contributed by atoms with E-state index in [-0.39, 0.29) is 11.8 Å². The van der Waals surface area contributed by atoms with E-state index in [1.54, 1.807) is 0 Å². The van der Waals surface area contributed by atoms with E-state index in [1.807, 2.05) is 30.0 Å². The van der Waals surface area contributed by atoms with Crippen molar-refractivity contribution in [1.29, 1.82) is 0 Å². The third-order valence-corrected chi connectivity index (χ3v) is 3.14. The molecule has 0 radical (unpaired) electrons. The zero-order valence-electron chi connectivity index (χ0n) is 12.4. The number of hydrogen-bond acceptors (Lipinski definition) is 2. The molecular formula is C16H26N2O. The molecule has 1 unspecified atom stereocenters. The number of carbonyl (C=O) groups is 1. The molecule has 1 amide bonds. The van der Waals surface area contributed by atoms with Crippen LogP contribution in [0.4, 0.5) is 0 Å². The fraction of sp³-hybridized carbons (Fsp3) is 0.562. The van der Waals surface area contributed by atoms with Gasteiger partial charge in [-0.3, -0.25) is 4.79 Å². The van der Waals surface area contributed by atoms with Gasteiger partial charge in [0.25, 0.3) is 0 Å². The van der Waals surface area contributed by atoms with Gasteiger partial charge >= 0.3 is 0 Å². The summed E-state index contributed by atoms with van der Waals surface area (Å²) in [5, 5.41) is 3.24. The highest BCUT2D eigenvalue weighted by atomic mass is 16.2. The molecule has 0 aliphatic carbocycles. The van der Waals surface area contributed by atoms with Crippen LogP contribution in [0.3, 0.4) is 0 Å². The molecule has 0 aliphatic heterocycles. The standard InChI is InChI=1S/C16H26N2O/c1-4-11-18(13-15-9-7-6-8-10-15)16(19)14(3)12-17-5-2/h6-10,14,17H,4-5,11-13H2,1-3H3. The molecule has 0 spiro atoms. The van der Waals surface area contributed by atoms with Crippen LogP contribution in [0.15, 0.2) is 30.3 Å². The van der Waals surface area contributed by atoms with Gasteiger partial charge in [0.05, 0.1) is 0 Å². The number of benzene rings is 1. The first-order chi connectivity index (χ1) is 9.19. The van der Waals surface area contributed by atoms with Crippen molar-refractivity contribution in [2.75, 3.05) is 19.6 Å². The summed E-state index contributed by atoms with van der Waals surface area (Å²) in [6.45, 7) is 9.37. The topological polar surface area (TPSA) is 32.3 Å². The van der Waals surface area contributed by atoms with E-state index in [9.17, 15) is 4.79 Å². The van der Waals surface area contributed by atoms with Crippen LogP contribution in [-0.2, 0) is 11.3 Å². The predicted molar refractivity (Wildman–Crippen MR) is 79.9 cm³/mol. The summed E-state index contributed by atoms with van der Waals surface area (Å²) in [5.41, 5.74) is 1.19. The Morgan fingerprint density at radius 1 is 1.26 bits per heavy atom. The van der Waals surface area contributed by atoms with Gasteiger partial charge < -0.3 is 10.2 Å². The van der Waals surface area contributed by atoms with Crippen molar-refractivity contribution in [2.45, 2.75) is 33.7 Å². The van der Waals surface area contributed by atoms with Gasteiger partial charge in [-0.05, 0) is 18.5 Å². The molecule has 1 aromatic carbocycles. The molecule has 1 aromatic rings. The summed E-state index contributed by atoms with van der Waals surface area (Å²) in [7, 11) is 0. The molecule has 0 aromatic heterocycles. The maximum absolute atomic E-state index is 12.4. The second kappa shape index (κ2) is 8.70. The van der Waals surface area contributed by atoms with Crippen LogP contribution in [0.25, 0.3) is 0 Å². The fourth-order valence-corrected chi connectivity index (χ4v) is 2.10. The first kappa shape index (κ1) is 15.7. The molecule has 0 aliphatic rings. The normalized spacial score (nSPS) is 12.2. The smallest absolute Gasteiger partial charge is 0.226 e. The van der Waals surface area contributed by atoms with Gasteiger partial charge in [0.2, 0.25) is 5.91 Å². The number of hydrogen-bond donors (Lipinski definition) is 1. The molecule has 3 heteroatoms. The second-order valence-electron chi connectivity index (χ2n) is 4.95. The monoisotopic (exact) mass is 262 g/mol. The van der Waals surface area contributed by atoms with Gasteiger partial charge in [-0.15, -0.1) is 0 Å². The zero-order valence-corrected chi connectivity index (χ0v) is 12.4. The summed E-state index contributed by atoms with van der Waals surface area (Å²) in [4.78, 5) is 14.4. The molecule has 0 bridgehead atoms. The predicted octanol–water partition coefficient (Wildman–Crippen LogP) is 2.67. The molecule has 106 valence electrons. The lowest BCUT2D eigenvalue weighted by molar-refractivity contribution is -0.135. The molecule has 1 N–H and O–H groups in total. The number of rotatable bonds is 8. The zero-order chi connectivity index (χ0) is 14.1. The van der Waals surface area contributed by atoms with Gasteiger partial charge in [-0.1, -0.05) is 51.1 Å². The lowest BCUT2D eigenvalue weighted by atomic mass is 10.1. The second-order valence-corrected chi connectivity index (χ2v) is 4.95. The molecule has 0 saturated heterocycles. The van der Waals surface area contributed by atoms with Crippen molar-refractivity contribution in [3.63, 3.8) is 0 Å². The Hall–Kier alpha value is -1.35. The highest BCUT2D eigenvalue weighted by Crippen LogP contribution is 2.09. The molecule has 0 heterocycles. The van der Waals surface area contributed by atoms with E-state index in [1.165, 1.54) is 5.56 Å². The van der Waals surface area contributed by atoms with Crippen molar-refractivity contribution < 1.29 is 4.79 Å². The molecule has 1 atom stereocenters. The van der Waals surface area contributed by atoms with Crippen molar-refractivity contribution in [1.82, 2.24) is 10.2 Å². The van der Waals surface area contributed by atoms with E-state index in [0.29, 0.717) is 6.54 Å². The average Bonchev–Trinajstić information content (AvgIpc) is 2.44. The van der Waals surface area contributed by atoms with E-state index in [2.05, 4.69) is 31.3 Å². The maximum Gasteiger partial charge on any atom is 0.226 e. The van der Waals surface area contributed by atoms with Crippen LogP contribution in [0.1, 0.15) is 32.8 Å². The van der Waals surface area contributed by atoms with E-state index < -0.39 is 0 Å². The number of nitrogens with zero attached hydrogens (tertiary/aromatic N) is 1. The summed E-state index contributed by atoms with van der Waals surface area (Å²) in [6.07, 6.45) is 0.993. The van der Waals surface area contributed by atoms with Crippen molar-refractivity contribution in [3.05, 3.63) is 35.9 Å². The van der Waals surface area contributed by atoms with Crippen LogP contribution in [-0.4, -0.2) is 30.4 Å². The highest BCUT2D eigenvalue weighted by Gasteiger charge is 2.19. The Morgan fingerprint density at radius 3 is 2.53 bits per heavy atom. The van der Waals surface area contributed by atoms with Crippen molar-refractivity contribution in [3.8, 4) is 0 Å².